The molecule has 0 bridgehead atoms. The Labute approximate surface area is 85.3 Å². The second-order valence-corrected chi connectivity index (χ2v) is 4.01. The van der Waals surface area contributed by atoms with Crippen LogP contribution in [0.2, 0.25) is 0 Å². The highest BCUT2D eigenvalue weighted by atomic mass is 16.5. The van der Waals surface area contributed by atoms with Crippen LogP contribution in [0.25, 0.3) is 0 Å². The number of rotatable bonds is 2. The van der Waals surface area contributed by atoms with Crippen molar-refractivity contribution < 1.29 is 4.74 Å². The smallest absolute Gasteiger partial charge is 0.122 e. The molecule has 0 unspecified atom stereocenters. The fourth-order valence-corrected chi connectivity index (χ4v) is 2.28. The predicted octanol–water partition coefficient (Wildman–Crippen LogP) is 2.16. The number of hydrogen-bond donors (Lipinski definition) is 1. The molecule has 2 heterocycles. The van der Waals surface area contributed by atoms with E-state index in [1.165, 1.54) is 5.57 Å². The standard InChI is InChI=1S/C12H17NO/c1-3-10-9-12(14-11(10)4-2)5-7-13-8-6-12/h3-4,13H,1-2,5-9H2. The first-order valence-corrected chi connectivity index (χ1v) is 5.17. The SMILES string of the molecule is C=CC1=C(C=C)OC2(CCNCC2)C1. The largest absolute Gasteiger partial charge is 0.487 e. The minimum absolute atomic E-state index is 0.0400. The molecular formula is C12H17NO. The first-order valence-electron chi connectivity index (χ1n) is 5.17. The Morgan fingerprint density at radius 2 is 1.93 bits per heavy atom. The molecule has 1 fully saturated rings. The highest BCUT2D eigenvalue weighted by Gasteiger charge is 2.39. The molecular weight excluding hydrogens is 174 g/mol. The van der Waals surface area contributed by atoms with Gasteiger partial charge in [-0.2, -0.15) is 0 Å². The molecule has 14 heavy (non-hydrogen) atoms. The summed E-state index contributed by atoms with van der Waals surface area (Å²) < 4.78 is 5.99. The van der Waals surface area contributed by atoms with Crippen LogP contribution in [0.5, 0.6) is 0 Å². The fraction of sp³-hybridized carbons (Fsp3) is 0.500. The molecule has 1 saturated heterocycles. The molecule has 0 aromatic carbocycles. The van der Waals surface area contributed by atoms with Crippen molar-refractivity contribution in [1.82, 2.24) is 5.32 Å². The zero-order valence-corrected chi connectivity index (χ0v) is 8.51. The van der Waals surface area contributed by atoms with E-state index in [0.717, 1.165) is 38.1 Å². The highest BCUT2D eigenvalue weighted by Crippen LogP contribution is 2.40. The Hall–Kier alpha value is -1.02. The molecule has 0 saturated carbocycles. The first kappa shape index (κ1) is 9.53. The average Bonchev–Trinajstić information content (AvgIpc) is 2.57. The normalized spacial score (nSPS) is 24.9. The van der Waals surface area contributed by atoms with E-state index in [-0.39, 0.29) is 5.60 Å². The fourth-order valence-electron chi connectivity index (χ4n) is 2.28. The third-order valence-corrected chi connectivity index (χ3v) is 3.10. The van der Waals surface area contributed by atoms with Crippen LogP contribution < -0.4 is 5.32 Å². The Kier molecular flexibility index (Phi) is 2.46. The van der Waals surface area contributed by atoms with Gasteiger partial charge in [-0.1, -0.05) is 19.2 Å². The van der Waals surface area contributed by atoms with Gasteiger partial charge < -0.3 is 10.1 Å². The Balaban J connectivity index is 2.15. The van der Waals surface area contributed by atoms with Gasteiger partial charge in [0, 0.05) is 6.42 Å². The Morgan fingerprint density at radius 1 is 1.21 bits per heavy atom. The third-order valence-electron chi connectivity index (χ3n) is 3.10. The van der Waals surface area contributed by atoms with Crippen molar-refractivity contribution in [3.8, 4) is 0 Å². The lowest BCUT2D eigenvalue weighted by Crippen LogP contribution is -2.41. The molecule has 1 N–H and O–H groups in total. The molecule has 1 spiro atoms. The zero-order chi connectivity index (χ0) is 10.0. The molecule has 0 atom stereocenters. The molecule has 2 aliphatic heterocycles. The van der Waals surface area contributed by atoms with E-state index in [0.29, 0.717) is 0 Å². The van der Waals surface area contributed by atoms with Crippen LogP contribution in [-0.4, -0.2) is 18.7 Å². The molecule has 2 aliphatic rings. The van der Waals surface area contributed by atoms with Crippen LogP contribution in [0.4, 0.5) is 0 Å². The van der Waals surface area contributed by atoms with Crippen LogP contribution in [-0.2, 0) is 4.74 Å². The summed E-state index contributed by atoms with van der Waals surface area (Å²) >= 11 is 0. The topological polar surface area (TPSA) is 21.3 Å². The van der Waals surface area contributed by atoms with Crippen molar-refractivity contribution in [1.29, 1.82) is 0 Å². The van der Waals surface area contributed by atoms with E-state index >= 15 is 0 Å². The minimum atomic E-state index is 0.0400. The summed E-state index contributed by atoms with van der Waals surface area (Å²) in [4.78, 5) is 0. The van der Waals surface area contributed by atoms with Gasteiger partial charge >= 0.3 is 0 Å². The van der Waals surface area contributed by atoms with Crippen LogP contribution in [0.3, 0.4) is 0 Å². The molecule has 0 aromatic heterocycles. The van der Waals surface area contributed by atoms with E-state index in [4.69, 9.17) is 4.74 Å². The summed E-state index contributed by atoms with van der Waals surface area (Å²) in [5, 5.41) is 3.35. The van der Waals surface area contributed by atoms with Gasteiger partial charge in [0.25, 0.3) is 0 Å². The average molecular weight is 191 g/mol. The summed E-state index contributed by atoms with van der Waals surface area (Å²) in [5.74, 6) is 0.932. The lowest BCUT2D eigenvalue weighted by atomic mass is 9.87. The van der Waals surface area contributed by atoms with E-state index in [9.17, 15) is 0 Å². The van der Waals surface area contributed by atoms with E-state index in [1.54, 1.807) is 6.08 Å². The Bertz CT molecular complexity index is 263. The van der Waals surface area contributed by atoms with Crippen LogP contribution >= 0.6 is 0 Å². The van der Waals surface area contributed by atoms with Gasteiger partial charge in [-0.25, -0.2) is 0 Å². The summed E-state index contributed by atoms with van der Waals surface area (Å²) in [5.41, 5.74) is 1.25. The summed E-state index contributed by atoms with van der Waals surface area (Å²) in [6.07, 6.45) is 6.87. The van der Waals surface area contributed by atoms with Crippen molar-refractivity contribution in [3.05, 3.63) is 36.6 Å². The maximum absolute atomic E-state index is 5.99. The molecule has 76 valence electrons. The zero-order valence-electron chi connectivity index (χ0n) is 8.51. The van der Waals surface area contributed by atoms with Gasteiger partial charge in [-0.15, -0.1) is 0 Å². The molecule has 2 rings (SSSR count). The quantitative estimate of drug-likeness (QED) is 0.722. The van der Waals surface area contributed by atoms with Gasteiger partial charge in [0.2, 0.25) is 0 Å². The van der Waals surface area contributed by atoms with Crippen LogP contribution in [0.1, 0.15) is 19.3 Å². The van der Waals surface area contributed by atoms with Gasteiger partial charge in [-0.3, -0.25) is 0 Å². The van der Waals surface area contributed by atoms with Crippen molar-refractivity contribution in [2.75, 3.05) is 13.1 Å². The summed E-state index contributed by atoms with van der Waals surface area (Å²) in [7, 11) is 0. The monoisotopic (exact) mass is 191 g/mol. The molecule has 0 aliphatic carbocycles. The van der Waals surface area contributed by atoms with Crippen LogP contribution in [0.15, 0.2) is 36.6 Å². The molecule has 0 radical (unpaired) electrons. The van der Waals surface area contributed by atoms with Crippen molar-refractivity contribution in [2.45, 2.75) is 24.9 Å². The lowest BCUT2D eigenvalue weighted by Gasteiger charge is -2.33. The maximum Gasteiger partial charge on any atom is 0.122 e. The summed E-state index contributed by atoms with van der Waals surface area (Å²) in [6, 6.07) is 0. The Morgan fingerprint density at radius 3 is 2.43 bits per heavy atom. The molecule has 2 heteroatoms. The van der Waals surface area contributed by atoms with Gasteiger partial charge in [0.1, 0.15) is 11.4 Å². The number of allylic oxidation sites excluding steroid dienone is 2. The second kappa shape index (κ2) is 3.62. The second-order valence-electron chi connectivity index (χ2n) is 4.01. The van der Waals surface area contributed by atoms with Gasteiger partial charge in [0.15, 0.2) is 0 Å². The van der Waals surface area contributed by atoms with E-state index in [1.807, 2.05) is 6.08 Å². The number of piperidine rings is 1. The lowest BCUT2D eigenvalue weighted by molar-refractivity contribution is 0.00470. The number of hydrogen-bond acceptors (Lipinski definition) is 2. The van der Waals surface area contributed by atoms with Crippen molar-refractivity contribution in [2.24, 2.45) is 0 Å². The highest BCUT2D eigenvalue weighted by molar-refractivity contribution is 5.33. The summed E-state index contributed by atoms with van der Waals surface area (Å²) in [6.45, 7) is 9.69. The number of nitrogens with one attached hydrogen (secondary N) is 1. The van der Waals surface area contributed by atoms with Crippen molar-refractivity contribution >= 4 is 0 Å². The molecule has 0 amide bonds. The minimum Gasteiger partial charge on any atom is -0.487 e. The molecule has 0 aromatic rings. The first-order chi connectivity index (χ1) is 6.79. The number of ether oxygens (including phenoxy) is 1. The predicted molar refractivity (Wildman–Crippen MR) is 58.0 cm³/mol. The van der Waals surface area contributed by atoms with E-state index in [2.05, 4.69) is 18.5 Å². The third kappa shape index (κ3) is 1.50. The van der Waals surface area contributed by atoms with Crippen LogP contribution in [0, 0.1) is 0 Å². The van der Waals surface area contributed by atoms with E-state index < -0.39 is 0 Å². The molecule has 2 nitrogen and oxygen atoms in total. The van der Waals surface area contributed by atoms with Gasteiger partial charge in [0.05, 0.1) is 0 Å². The van der Waals surface area contributed by atoms with Gasteiger partial charge in [-0.05, 0) is 37.6 Å². The van der Waals surface area contributed by atoms with Crippen molar-refractivity contribution in [3.63, 3.8) is 0 Å². The maximum atomic E-state index is 5.99.